The minimum atomic E-state index is -0.537. The van der Waals surface area contributed by atoms with Gasteiger partial charge in [0.25, 0.3) is 5.56 Å². The van der Waals surface area contributed by atoms with Crippen molar-refractivity contribution >= 4 is 27.2 Å². The number of furan rings is 1. The molecule has 0 saturated heterocycles. The Bertz CT molecular complexity index is 1450. The van der Waals surface area contributed by atoms with Gasteiger partial charge in [-0.05, 0) is 49.4 Å². The van der Waals surface area contributed by atoms with Crippen LogP contribution in [0.2, 0.25) is 0 Å². The molecule has 1 aromatic carbocycles. The number of ether oxygens (including phenoxy) is 2. The number of nitro benzene ring substituents is 1. The Labute approximate surface area is 198 Å². The van der Waals surface area contributed by atoms with Gasteiger partial charge in [-0.2, -0.15) is 0 Å². The van der Waals surface area contributed by atoms with Crippen LogP contribution in [0, 0.1) is 10.1 Å². The van der Waals surface area contributed by atoms with Crippen LogP contribution in [0.5, 0.6) is 11.5 Å². The number of H-pyrrole nitrogens is 1. The Kier molecular flexibility index (Phi) is 5.82. The van der Waals surface area contributed by atoms with Crippen LogP contribution in [0.15, 0.2) is 33.5 Å². The lowest BCUT2D eigenvalue weighted by Crippen LogP contribution is -2.10. The van der Waals surface area contributed by atoms with Crippen molar-refractivity contribution in [1.29, 1.82) is 0 Å². The van der Waals surface area contributed by atoms with Crippen LogP contribution < -0.4 is 15.0 Å². The fourth-order valence-corrected chi connectivity index (χ4v) is 5.74. The Morgan fingerprint density at radius 2 is 1.85 bits per heavy atom. The number of nitrogens with one attached hydrogen (secondary N) is 1. The first-order valence-corrected chi connectivity index (χ1v) is 11.9. The molecular formula is C24H23N3O6S. The summed E-state index contributed by atoms with van der Waals surface area (Å²) in [5, 5.41) is 12.2. The molecule has 0 saturated carbocycles. The number of aromatic amines is 1. The molecule has 176 valence electrons. The number of nitrogens with zero attached hydrogens (tertiary/aromatic N) is 2. The topological polar surface area (TPSA) is 120 Å². The van der Waals surface area contributed by atoms with Gasteiger partial charge >= 0.3 is 5.69 Å². The molecule has 0 radical (unpaired) electrons. The highest BCUT2D eigenvalue weighted by Crippen LogP contribution is 2.42. The molecule has 5 rings (SSSR count). The first kappa shape index (κ1) is 22.1. The normalized spacial score (nSPS) is 13.8. The van der Waals surface area contributed by atoms with E-state index in [-0.39, 0.29) is 22.7 Å². The molecule has 1 N–H and O–H groups in total. The predicted molar refractivity (Wildman–Crippen MR) is 129 cm³/mol. The number of benzene rings is 1. The van der Waals surface area contributed by atoms with E-state index >= 15 is 0 Å². The molecule has 4 aromatic rings. The van der Waals surface area contributed by atoms with Crippen LogP contribution in [0.1, 0.15) is 36.1 Å². The summed E-state index contributed by atoms with van der Waals surface area (Å²) in [6, 6.07) is 6.33. The van der Waals surface area contributed by atoms with E-state index in [2.05, 4.69) is 4.98 Å². The Morgan fingerprint density at radius 3 is 2.59 bits per heavy atom. The number of fused-ring (bicyclic) bond motifs is 3. The summed E-state index contributed by atoms with van der Waals surface area (Å²) in [6.45, 7) is 0. The molecule has 0 aliphatic heterocycles. The number of nitro groups is 1. The lowest BCUT2D eigenvalue weighted by molar-refractivity contribution is -0.385. The van der Waals surface area contributed by atoms with E-state index in [0.717, 1.165) is 31.2 Å². The average Bonchev–Trinajstić information content (AvgIpc) is 3.43. The van der Waals surface area contributed by atoms with E-state index in [1.807, 2.05) is 0 Å². The van der Waals surface area contributed by atoms with Crippen LogP contribution in [-0.2, 0) is 12.8 Å². The molecule has 0 bridgehead atoms. The van der Waals surface area contributed by atoms with Crippen molar-refractivity contribution < 1.29 is 18.8 Å². The molecule has 0 amide bonds. The molecule has 1 aliphatic carbocycles. The second-order valence-corrected chi connectivity index (χ2v) is 9.25. The number of aryl methyl sites for hydroxylation is 2. The third-order valence-electron chi connectivity index (χ3n) is 6.10. The molecular weight excluding hydrogens is 458 g/mol. The molecule has 0 unspecified atom stereocenters. The smallest absolute Gasteiger partial charge is 0.315 e. The van der Waals surface area contributed by atoms with Gasteiger partial charge in [-0.15, -0.1) is 11.3 Å². The maximum absolute atomic E-state index is 13.0. The van der Waals surface area contributed by atoms with E-state index in [4.69, 9.17) is 18.9 Å². The number of aromatic nitrogens is 2. The highest BCUT2D eigenvalue weighted by Gasteiger charge is 2.24. The number of hydrogen-bond acceptors (Lipinski definition) is 8. The van der Waals surface area contributed by atoms with Gasteiger partial charge in [0.15, 0.2) is 17.3 Å². The second kappa shape index (κ2) is 8.94. The van der Waals surface area contributed by atoms with Gasteiger partial charge in [0.05, 0.1) is 24.5 Å². The number of thiophene rings is 1. The third kappa shape index (κ3) is 3.83. The van der Waals surface area contributed by atoms with Crippen molar-refractivity contribution in [2.24, 2.45) is 0 Å². The summed E-state index contributed by atoms with van der Waals surface area (Å²) in [5.41, 5.74) is 1.17. The molecule has 0 fully saturated rings. The Hall–Kier alpha value is -3.66. The van der Waals surface area contributed by atoms with Crippen LogP contribution in [0.25, 0.3) is 33.1 Å². The monoisotopic (exact) mass is 481 g/mol. The van der Waals surface area contributed by atoms with Crippen LogP contribution >= 0.6 is 11.3 Å². The second-order valence-electron chi connectivity index (χ2n) is 8.16. The van der Waals surface area contributed by atoms with Crippen molar-refractivity contribution in [2.45, 2.75) is 38.5 Å². The van der Waals surface area contributed by atoms with Crippen molar-refractivity contribution in [3.8, 4) is 34.4 Å². The zero-order valence-corrected chi connectivity index (χ0v) is 19.6. The van der Waals surface area contributed by atoms with Crippen molar-refractivity contribution in [2.75, 3.05) is 14.2 Å². The van der Waals surface area contributed by atoms with Gasteiger partial charge < -0.3 is 18.9 Å². The SMILES string of the molecule is COc1cc(-c2ccc(-c3nc4sc5c(c4c(=O)[nH]3)CCCCCC5)o2)cc([N+](=O)[O-])c1OC. The predicted octanol–water partition coefficient (Wildman–Crippen LogP) is 5.50. The molecule has 3 aromatic heterocycles. The highest BCUT2D eigenvalue weighted by molar-refractivity contribution is 7.18. The van der Waals surface area contributed by atoms with Crippen LogP contribution in [0.4, 0.5) is 5.69 Å². The molecule has 0 atom stereocenters. The number of hydrogen-bond donors (Lipinski definition) is 1. The summed E-state index contributed by atoms with van der Waals surface area (Å²) in [6.07, 6.45) is 6.50. The van der Waals surface area contributed by atoms with E-state index in [0.29, 0.717) is 33.1 Å². The number of methoxy groups -OCH3 is 2. The van der Waals surface area contributed by atoms with Gasteiger partial charge in [0.2, 0.25) is 5.75 Å². The van der Waals surface area contributed by atoms with E-state index in [1.165, 1.54) is 38.0 Å². The lowest BCUT2D eigenvalue weighted by Gasteiger charge is -2.09. The summed E-state index contributed by atoms with van der Waals surface area (Å²) in [4.78, 5) is 33.6. The van der Waals surface area contributed by atoms with E-state index in [1.54, 1.807) is 29.5 Å². The molecule has 34 heavy (non-hydrogen) atoms. The minimum absolute atomic E-state index is 0.0349. The summed E-state index contributed by atoms with van der Waals surface area (Å²) in [7, 11) is 2.76. The molecule has 9 nitrogen and oxygen atoms in total. The first-order valence-electron chi connectivity index (χ1n) is 11.1. The fourth-order valence-electron chi connectivity index (χ4n) is 4.48. The Morgan fingerprint density at radius 1 is 1.09 bits per heavy atom. The third-order valence-corrected chi connectivity index (χ3v) is 7.29. The summed E-state index contributed by atoms with van der Waals surface area (Å²) < 4.78 is 16.4. The van der Waals surface area contributed by atoms with Gasteiger partial charge in [0.1, 0.15) is 10.6 Å². The van der Waals surface area contributed by atoms with E-state index in [9.17, 15) is 14.9 Å². The van der Waals surface area contributed by atoms with Crippen molar-refractivity contribution in [1.82, 2.24) is 9.97 Å². The average molecular weight is 482 g/mol. The first-order chi connectivity index (χ1) is 16.5. The van der Waals surface area contributed by atoms with Crippen molar-refractivity contribution in [3.05, 3.63) is 55.2 Å². The fraction of sp³-hybridized carbons (Fsp3) is 0.333. The van der Waals surface area contributed by atoms with E-state index < -0.39 is 4.92 Å². The summed E-state index contributed by atoms with van der Waals surface area (Å²) >= 11 is 1.58. The maximum atomic E-state index is 13.0. The quantitative estimate of drug-likeness (QED) is 0.295. The molecule has 1 aliphatic rings. The van der Waals surface area contributed by atoms with Gasteiger partial charge in [-0.25, -0.2) is 4.98 Å². The minimum Gasteiger partial charge on any atom is -0.493 e. The van der Waals surface area contributed by atoms with Gasteiger partial charge in [-0.1, -0.05) is 12.8 Å². The molecule has 0 spiro atoms. The van der Waals surface area contributed by atoms with Gasteiger partial charge in [-0.3, -0.25) is 14.9 Å². The van der Waals surface area contributed by atoms with Gasteiger partial charge in [0, 0.05) is 16.5 Å². The molecule has 10 heteroatoms. The number of rotatable bonds is 5. The van der Waals surface area contributed by atoms with Crippen LogP contribution in [-0.4, -0.2) is 29.1 Å². The van der Waals surface area contributed by atoms with Crippen molar-refractivity contribution in [3.63, 3.8) is 0 Å². The largest absolute Gasteiger partial charge is 0.493 e. The zero-order valence-electron chi connectivity index (χ0n) is 18.8. The standard InChI is InChI=1S/C24H23N3O6S/c1-31-18-12-13(11-15(27(29)30)21(18)32-2)16-9-10-17(33-16)22-25-23(28)20-14-7-5-3-4-6-8-19(14)34-24(20)26-22/h9-12H,3-8H2,1-2H3,(H,25,26,28). The summed E-state index contributed by atoms with van der Waals surface area (Å²) in [5.74, 6) is 1.32. The Balaban J connectivity index is 1.57. The molecule has 3 heterocycles. The van der Waals surface area contributed by atoms with Crippen LogP contribution in [0.3, 0.4) is 0 Å². The maximum Gasteiger partial charge on any atom is 0.315 e. The highest BCUT2D eigenvalue weighted by atomic mass is 32.1. The zero-order chi connectivity index (χ0) is 23.8. The lowest BCUT2D eigenvalue weighted by atomic mass is 9.98.